The molecule has 1 heterocycles. The molecule has 1 aliphatic heterocycles. The molecule has 128 valence electrons. The molecule has 0 saturated carbocycles. The number of hydrogen-bond acceptors (Lipinski definition) is 2. The van der Waals surface area contributed by atoms with Gasteiger partial charge in [0.15, 0.2) is 5.78 Å². The summed E-state index contributed by atoms with van der Waals surface area (Å²) in [7, 11) is 0. The summed E-state index contributed by atoms with van der Waals surface area (Å²) in [5, 5.41) is 3.23. The molecule has 2 amide bonds. The van der Waals surface area contributed by atoms with Crippen molar-refractivity contribution in [1.82, 2.24) is 4.90 Å². The average molecular weight is 359 g/mol. The predicted molar refractivity (Wildman–Crippen MR) is 95.0 cm³/mol. The third-order valence-corrected chi connectivity index (χ3v) is 4.58. The fourth-order valence-electron chi connectivity index (χ4n) is 2.72. The Labute approximate surface area is 149 Å². The molecular weight excluding hydrogens is 343 g/mol. The SMILES string of the molecule is Cc1cccc(NC(=O)N2C=CC(=O)C[C@H]2c2ccc(F)cc2)c1Cl. The Morgan fingerprint density at radius 3 is 2.68 bits per heavy atom. The van der Waals surface area contributed by atoms with Crippen LogP contribution in [0.3, 0.4) is 0 Å². The minimum absolute atomic E-state index is 0.0908. The molecule has 0 unspecified atom stereocenters. The number of ketones is 1. The van der Waals surface area contributed by atoms with Gasteiger partial charge in [-0.3, -0.25) is 9.69 Å². The molecule has 1 aliphatic rings. The monoisotopic (exact) mass is 358 g/mol. The molecule has 0 aliphatic carbocycles. The molecule has 0 spiro atoms. The molecule has 0 saturated heterocycles. The Kier molecular flexibility index (Phi) is 4.86. The highest BCUT2D eigenvalue weighted by molar-refractivity contribution is 6.34. The van der Waals surface area contributed by atoms with E-state index in [0.29, 0.717) is 16.3 Å². The number of amides is 2. The number of carbonyl (C=O) groups is 2. The third-order valence-electron chi connectivity index (χ3n) is 4.07. The number of urea groups is 1. The highest BCUT2D eigenvalue weighted by Crippen LogP contribution is 2.31. The molecule has 0 radical (unpaired) electrons. The highest BCUT2D eigenvalue weighted by atomic mass is 35.5. The Hall–Kier alpha value is -2.66. The molecule has 6 heteroatoms. The Bertz CT molecular complexity index is 849. The Balaban J connectivity index is 1.88. The topological polar surface area (TPSA) is 49.4 Å². The predicted octanol–water partition coefficient (Wildman–Crippen LogP) is 4.85. The van der Waals surface area contributed by atoms with Crippen LogP contribution in [0.5, 0.6) is 0 Å². The fraction of sp³-hybridized carbons (Fsp3) is 0.158. The van der Waals surface area contributed by atoms with Gasteiger partial charge < -0.3 is 5.32 Å². The van der Waals surface area contributed by atoms with E-state index < -0.39 is 12.1 Å². The lowest BCUT2D eigenvalue weighted by molar-refractivity contribution is -0.116. The first-order valence-electron chi connectivity index (χ1n) is 7.76. The van der Waals surface area contributed by atoms with Crippen LogP contribution in [0.1, 0.15) is 23.6 Å². The van der Waals surface area contributed by atoms with Crippen molar-refractivity contribution >= 4 is 29.1 Å². The number of halogens is 2. The van der Waals surface area contributed by atoms with E-state index in [9.17, 15) is 14.0 Å². The van der Waals surface area contributed by atoms with Gasteiger partial charge in [0, 0.05) is 12.6 Å². The molecule has 0 fully saturated rings. The van der Waals surface area contributed by atoms with E-state index in [1.54, 1.807) is 24.3 Å². The van der Waals surface area contributed by atoms with Gasteiger partial charge in [-0.05, 0) is 42.3 Å². The minimum atomic E-state index is -0.498. The number of nitrogens with zero attached hydrogens (tertiary/aromatic N) is 1. The minimum Gasteiger partial charge on any atom is -0.306 e. The van der Waals surface area contributed by atoms with Crippen molar-refractivity contribution in [2.24, 2.45) is 0 Å². The smallest absolute Gasteiger partial charge is 0.306 e. The van der Waals surface area contributed by atoms with Crippen LogP contribution >= 0.6 is 11.6 Å². The number of nitrogens with one attached hydrogen (secondary N) is 1. The van der Waals surface area contributed by atoms with Gasteiger partial charge in [0.1, 0.15) is 5.82 Å². The van der Waals surface area contributed by atoms with Gasteiger partial charge in [0.05, 0.1) is 16.8 Å². The number of anilines is 1. The van der Waals surface area contributed by atoms with E-state index in [0.717, 1.165) is 5.56 Å². The summed E-state index contributed by atoms with van der Waals surface area (Å²) in [6.07, 6.45) is 2.94. The second kappa shape index (κ2) is 7.07. The van der Waals surface area contributed by atoms with Gasteiger partial charge >= 0.3 is 6.03 Å². The van der Waals surface area contributed by atoms with Crippen molar-refractivity contribution in [2.45, 2.75) is 19.4 Å². The summed E-state index contributed by atoms with van der Waals surface area (Å²) in [6, 6.07) is 10.2. The van der Waals surface area contributed by atoms with Crippen LogP contribution < -0.4 is 5.32 Å². The molecule has 3 rings (SSSR count). The van der Waals surface area contributed by atoms with Crippen LogP contribution in [-0.2, 0) is 4.79 Å². The number of rotatable bonds is 2. The zero-order valence-corrected chi connectivity index (χ0v) is 14.3. The Morgan fingerprint density at radius 2 is 1.96 bits per heavy atom. The highest BCUT2D eigenvalue weighted by Gasteiger charge is 2.29. The second-order valence-electron chi connectivity index (χ2n) is 5.83. The molecule has 4 nitrogen and oxygen atoms in total. The number of hydrogen-bond donors (Lipinski definition) is 1. The van der Waals surface area contributed by atoms with Crippen molar-refractivity contribution in [3.63, 3.8) is 0 Å². The van der Waals surface area contributed by atoms with Gasteiger partial charge in [-0.1, -0.05) is 35.9 Å². The van der Waals surface area contributed by atoms with Crippen LogP contribution in [0.4, 0.5) is 14.9 Å². The maximum absolute atomic E-state index is 13.2. The van der Waals surface area contributed by atoms with E-state index in [2.05, 4.69) is 5.32 Å². The molecule has 2 aromatic carbocycles. The summed E-state index contributed by atoms with van der Waals surface area (Å²) in [5.41, 5.74) is 2.03. The van der Waals surface area contributed by atoms with E-state index in [1.165, 1.54) is 29.3 Å². The normalized spacial score (nSPS) is 16.8. The molecule has 25 heavy (non-hydrogen) atoms. The van der Waals surface area contributed by atoms with Crippen LogP contribution in [-0.4, -0.2) is 16.7 Å². The quantitative estimate of drug-likeness (QED) is 0.834. The van der Waals surface area contributed by atoms with E-state index >= 15 is 0 Å². The van der Waals surface area contributed by atoms with Crippen molar-refractivity contribution in [3.05, 3.63) is 76.7 Å². The van der Waals surface area contributed by atoms with Crippen molar-refractivity contribution < 1.29 is 14.0 Å². The van der Waals surface area contributed by atoms with E-state index in [-0.39, 0.29) is 18.0 Å². The van der Waals surface area contributed by atoms with E-state index in [4.69, 9.17) is 11.6 Å². The Morgan fingerprint density at radius 1 is 1.24 bits per heavy atom. The number of aryl methyl sites for hydroxylation is 1. The largest absolute Gasteiger partial charge is 0.326 e. The van der Waals surface area contributed by atoms with Crippen molar-refractivity contribution in [1.29, 1.82) is 0 Å². The van der Waals surface area contributed by atoms with Crippen LogP contribution in [0.15, 0.2) is 54.7 Å². The molecule has 1 atom stereocenters. The molecule has 0 bridgehead atoms. The zero-order chi connectivity index (χ0) is 18.0. The number of allylic oxidation sites excluding steroid dienone is 1. The maximum Gasteiger partial charge on any atom is 0.326 e. The van der Waals surface area contributed by atoms with Gasteiger partial charge in [0.2, 0.25) is 0 Å². The molecule has 2 aromatic rings. The summed E-state index contributed by atoms with van der Waals surface area (Å²) in [5.74, 6) is -0.462. The second-order valence-corrected chi connectivity index (χ2v) is 6.21. The fourth-order valence-corrected chi connectivity index (χ4v) is 2.89. The van der Waals surface area contributed by atoms with E-state index in [1.807, 2.05) is 13.0 Å². The maximum atomic E-state index is 13.2. The lowest BCUT2D eigenvalue weighted by Gasteiger charge is -2.31. The van der Waals surface area contributed by atoms with Crippen LogP contribution in [0.2, 0.25) is 5.02 Å². The van der Waals surface area contributed by atoms with Crippen LogP contribution in [0.25, 0.3) is 0 Å². The summed E-state index contributed by atoms with van der Waals surface area (Å²) < 4.78 is 13.2. The lowest BCUT2D eigenvalue weighted by Crippen LogP contribution is -2.37. The van der Waals surface area contributed by atoms with Gasteiger partial charge in [0.25, 0.3) is 0 Å². The standard InChI is InChI=1S/C19H16ClFN2O2/c1-12-3-2-4-16(18(12)20)22-19(25)23-10-9-15(24)11-17(23)13-5-7-14(21)8-6-13/h2-10,17H,11H2,1H3,(H,22,25)/t17-/m0/s1. The third kappa shape index (κ3) is 3.72. The first-order valence-corrected chi connectivity index (χ1v) is 8.14. The van der Waals surface area contributed by atoms with Gasteiger partial charge in [-0.2, -0.15) is 0 Å². The van der Waals surface area contributed by atoms with Crippen LogP contribution in [0, 0.1) is 12.7 Å². The first-order chi connectivity index (χ1) is 12.0. The molecule has 0 aromatic heterocycles. The number of carbonyl (C=O) groups excluding carboxylic acids is 2. The average Bonchev–Trinajstić information content (AvgIpc) is 2.59. The zero-order valence-electron chi connectivity index (χ0n) is 13.5. The molecular formula is C19H16ClFN2O2. The van der Waals surface area contributed by atoms with Gasteiger partial charge in [-0.15, -0.1) is 0 Å². The number of benzene rings is 2. The molecule has 1 N–H and O–H groups in total. The van der Waals surface area contributed by atoms with Crippen molar-refractivity contribution in [2.75, 3.05) is 5.32 Å². The van der Waals surface area contributed by atoms with Crippen molar-refractivity contribution in [3.8, 4) is 0 Å². The van der Waals surface area contributed by atoms with Gasteiger partial charge in [-0.25, -0.2) is 9.18 Å². The summed E-state index contributed by atoms with van der Waals surface area (Å²) in [6.45, 7) is 1.85. The summed E-state index contributed by atoms with van der Waals surface area (Å²) >= 11 is 6.22. The summed E-state index contributed by atoms with van der Waals surface area (Å²) in [4.78, 5) is 25.9. The lowest BCUT2D eigenvalue weighted by atomic mass is 9.97. The first kappa shape index (κ1) is 17.2.